The van der Waals surface area contributed by atoms with E-state index in [-0.39, 0.29) is 0 Å². The summed E-state index contributed by atoms with van der Waals surface area (Å²) in [6, 6.07) is 54.7. The molecule has 0 unspecified atom stereocenters. The molecule has 0 fully saturated rings. The molecule has 0 aliphatic rings. The average molecular weight is 643 g/mol. The lowest BCUT2D eigenvalue weighted by Gasteiger charge is -2.18. The van der Waals surface area contributed by atoms with Gasteiger partial charge in [0.15, 0.2) is 0 Å². The maximum absolute atomic E-state index is 6.63. The third-order valence-electron chi connectivity index (χ3n) is 10.1. The molecule has 0 atom stereocenters. The quantitative estimate of drug-likeness (QED) is 0.179. The topological polar surface area (TPSA) is 26.3 Å². The van der Waals surface area contributed by atoms with Gasteiger partial charge in [-0.1, -0.05) is 109 Å². The highest BCUT2D eigenvalue weighted by Gasteiger charge is 2.20. The van der Waals surface area contributed by atoms with Gasteiger partial charge in [0.05, 0.1) is 11.6 Å². The van der Waals surface area contributed by atoms with E-state index in [2.05, 4.69) is 146 Å². The maximum Gasteiger partial charge on any atom is 0.147 e. The first-order valence-electron chi connectivity index (χ1n) is 16.6. The second-order valence-electron chi connectivity index (χ2n) is 12.8. The van der Waals surface area contributed by atoms with E-state index in [1.54, 1.807) is 0 Å². The molecule has 0 N–H and O–H groups in total. The Bertz CT molecular complexity index is 3050. The van der Waals surface area contributed by atoms with E-state index in [0.29, 0.717) is 0 Å². The van der Waals surface area contributed by atoms with E-state index in [0.717, 1.165) is 44.0 Å². The van der Waals surface area contributed by atoms with Crippen molar-refractivity contribution in [2.75, 3.05) is 0 Å². The normalized spacial score (nSPS) is 12.1. The zero-order chi connectivity index (χ0) is 32.1. The summed E-state index contributed by atoms with van der Waals surface area (Å²) in [4.78, 5) is 0. The van der Waals surface area contributed by atoms with Crippen molar-refractivity contribution >= 4 is 86.0 Å². The zero-order valence-corrected chi connectivity index (χ0v) is 27.1. The third-order valence-corrected chi connectivity index (χ3v) is 11.3. The third kappa shape index (κ3) is 3.88. The molecule has 0 amide bonds. The second kappa shape index (κ2) is 10.2. The lowest BCUT2D eigenvalue weighted by molar-refractivity contribution is 0.616. The SMILES string of the molecule is c1ccc(-c2coc3ccc4c5cc(-c6c7ccccc7c(-c7ccc8sc9ccccc9c8c7)c7ccccc67)ccc5oc4c23)cc1. The lowest BCUT2D eigenvalue weighted by atomic mass is 9.85. The minimum absolute atomic E-state index is 0.826. The van der Waals surface area contributed by atoms with Crippen LogP contribution in [0.25, 0.3) is 108 Å². The molecule has 8 aromatic carbocycles. The molecule has 228 valence electrons. The highest BCUT2D eigenvalue weighted by Crippen LogP contribution is 2.47. The highest BCUT2D eigenvalue weighted by atomic mass is 32.1. The average Bonchev–Trinajstić information content (AvgIpc) is 3.87. The van der Waals surface area contributed by atoms with E-state index in [1.165, 1.54) is 64.0 Å². The van der Waals surface area contributed by atoms with Crippen molar-refractivity contribution in [1.29, 1.82) is 0 Å². The molecule has 3 heteroatoms. The van der Waals surface area contributed by atoms with Crippen molar-refractivity contribution in [2.45, 2.75) is 0 Å². The van der Waals surface area contributed by atoms with Gasteiger partial charge >= 0.3 is 0 Å². The lowest BCUT2D eigenvalue weighted by Crippen LogP contribution is -1.90. The first-order valence-corrected chi connectivity index (χ1v) is 17.4. The molecule has 49 heavy (non-hydrogen) atoms. The maximum atomic E-state index is 6.63. The van der Waals surface area contributed by atoms with Crippen LogP contribution < -0.4 is 0 Å². The van der Waals surface area contributed by atoms with Crippen molar-refractivity contribution < 1.29 is 8.83 Å². The standard InChI is InChI=1S/C46H26O2S/c1-2-10-27(11-3-1)38-26-47-40-22-20-35-36-24-28(18-21-39(36)48-46(35)45(38)40)43-31-13-4-6-15-33(31)44(34-16-7-5-14-32(34)43)29-19-23-42-37(25-29)30-12-8-9-17-41(30)49-42/h1-26H. The summed E-state index contributed by atoms with van der Waals surface area (Å²) >= 11 is 1.86. The van der Waals surface area contributed by atoms with Gasteiger partial charge in [0.25, 0.3) is 0 Å². The fourth-order valence-electron chi connectivity index (χ4n) is 7.97. The van der Waals surface area contributed by atoms with Crippen molar-refractivity contribution in [3.63, 3.8) is 0 Å². The van der Waals surface area contributed by atoms with Crippen LogP contribution in [0.1, 0.15) is 0 Å². The summed E-state index contributed by atoms with van der Waals surface area (Å²) in [7, 11) is 0. The van der Waals surface area contributed by atoms with Gasteiger partial charge in [0.1, 0.15) is 16.7 Å². The van der Waals surface area contributed by atoms with Gasteiger partial charge in [-0.3, -0.25) is 0 Å². The van der Waals surface area contributed by atoms with Crippen molar-refractivity contribution in [3.8, 4) is 33.4 Å². The first kappa shape index (κ1) is 26.9. The smallest absolute Gasteiger partial charge is 0.147 e. The van der Waals surface area contributed by atoms with Crippen molar-refractivity contribution in [3.05, 3.63) is 158 Å². The summed E-state index contributed by atoms with van der Waals surface area (Å²) in [5.74, 6) is 0. The molecule has 0 aliphatic heterocycles. The Morgan fingerprint density at radius 2 is 0.959 bits per heavy atom. The minimum Gasteiger partial charge on any atom is -0.464 e. The molecule has 2 nitrogen and oxygen atoms in total. The highest BCUT2D eigenvalue weighted by molar-refractivity contribution is 7.25. The van der Waals surface area contributed by atoms with Gasteiger partial charge in [-0.2, -0.15) is 0 Å². The summed E-state index contributed by atoms with van der Waals surface area (Å²) in [6.07, 6.45) is 1.84. The first-order chi connectivity index (χ1) is 24.3. The molecular weight excluding hydrogens is 617 g/mol. The molecule has 0 saturated heterocycles. The van der Waals surface area contributed by atoms with Gasteiger partial charge in [-0.25, -0.2) is 0 Å². The Balaban J connectivity index is 1.17. The van der Waals surface area contributed by atoms with Crippen LogP contribution in [0.5, 0.6) is 0 Å². The molecule has 0 spiro atoms. The number of hydrogen-bond acceptors (Lipinski definition) is 3. The second-order valence-corrected chi connectivity index (χ2v) is 13.9. The fourth-order valence-corrected chi connectivity index (χ4v) is 9.06. The van der Waals surface area contributed by atoms with E-state index >= 15 is 0 Å². The van der Waals surface area contributed by atoms with Crippen LogP contribution in [0, 0.1) is 0 Å². The number of benzene rings is 8. The number of fused-ring (bicyclic) bond motifs is 10. The Morgan fingerprint density at radius 1 is 0.388 bits per heavy atom. The van der Waals surface area contributed by atoms with Gasteiger partial charge in [0.2, 0.25) is 0 Å². The summed E-state index contributed by atoms with van der Waals surface area (Å²) in [6.45, 7) is 0. The summed E-state index contributed by atoms with van der Waals surface area (Å²) in [5, 5.41) is 10.8. The van der Waals surface area contributed by atoms with Gasteiger partial charge in [0, 0.05) is 36.5 Å². The monoisotopic (exact) mass is 642 g/mol. The molecule has 11 rings (SSSR count). The Hall–Kier alpha value is -6.16. The molecule has 0 radical (unpaired) electrons. The molecule has 3 aromatic heterocycles. The van der Waals surface area contributed by atoms with Crippen molar-refractivity contribution in [2.24, 2.45) is 0 Å². The Labute approximate surface area is 285 Å². The zero-order valence-electron chi connectivity index (χ0n) is 26.2. The molecule has 3 heterocycles. The van der Waals surface area contributed by atoms with Crippen LogP contribution in [-0.4, -0.2) is 0 Å². The number of hydrogen-bond donors (Lipinski definition) is 0. The minimum atomic E-state index is 0.826. The van der Waals surface area contributed by atoms with Crippen LogP contribution in [0.2, 0.25) is 0 Å². The molecular formula is C46H26O2S. The van der Waals surface area contributed by atoms with Crippen LogP contribution >= 0.6 is 11.3 Å². The Morgan fingerprint density at radius 3 is 1.67 bits per heavy atom. The van der Waals surface area contributed by atoms with Gasteiger partial charge < -0.3 is 8.83 Å². The summed E-state index contributed by atoms with van der Waals surface area (Å²) in [5.41, 5.74) is 9.63. The van der Waals surface area contributed by atoms with E-state index in [9.17, 15) is 0 Å². The number of rotatable bonds is 3. The van der Waals surface area contributed by atoms with Crippen LogP contribution in [0.15, 0.2) is 167 Å². The van der Waals surface area contributed by atoms with Crippen LogP contribution in [0.3, 0.4) is 0 Å². The predicted octanol–water partition coefficient (Wildman–Crippen LogP) is 14.0. The van der Waals surface area contributed by atoms with E-state index in [4.69, 9.17) is 8.83 Å². The Kier molecular flexibility index (Phi) is 5.57. The van der Waals surface area contributed by atoms with Gasteiger partial charge in [-0.15, -0.1) is 11.3 Å². The predicted molar refractivity (Wildman–Crippen MR) is 208 cm³/mol. The number of furan rings is 2. The van der Waals surface area contributed by atoms with E-state index < -0.39 is 0 Å². The largest absolute Gasteiger partial charge is 0.464 e. The van der Waals surface area contributed by atoms with Crippen LogP contribution in [-0.2, 0) is 0 Å². The van der Waals surface area contributed by atoms with Crippen LogP contribution in [0.4, 0.5) is 0 Å². The fraction of sp³-hybridized carbons (Fsp3) is 0. The molecule has 0 bridgehead atoms. The van der Waals surface area contributed by atoms with Gasteiger partial charge in [-0.05, 0) is 91.8 Å². The molecule has 0 aliphatic carbocycles. The number of thiophene rings is 1. The molecule has 0 saturated carbocycles. The van der Waals surface area contributed by atoms with Crippen molar-refractivity contribution in [1.82, 2.24) is 0 Å². The van der Waals surface area contributed by atoms with E-state index in [1.807, 2.05) is 23.7 Å². The summed E-state index contributed by atoms with van der Waals surface area (Å²) < 4.78 is 15.3. The molecule has 11 aromatic rings.